The van der Waals surface area contributed by atoms with Gasteiger partial charge in [-0.15, -0.1) is 0 Å². The van der Waals surface area contributed by atoms with E-state index in [4.69, 9.17) is 0 Å². The van der Waals surface area contributed by atoms with E-state index in [0.29, 0.717) is 17.8 Å². The van der Waals surface area contributed by atoms with E-state index in [-0.39, 0.29) is 12.1 Å². The topological polar surface area (TPSA) is 52.6 Å². The van der Waals surface area contributed by atoms with E-state index >= 15 is 0 Å². The highest BCUT2D eigenvalue weighted by atomic mass is 16.3. The molecule has 1 unspecified atom stereocenters. The number of rotatable bonds is 1. The monoisotopic (exact) mass is 326 g/mol. The Morgan fingerprint density at radius 1 is 1.17 bits per heavy atom. The van der Waals surface area contributed by atoms with E-state index in [0.717, 1.165) is 44.3 Å². The number of aliphatic hydroxyl groups is 1. The van der Waals surface area contributed by atoms with Gasteiger partial charge in [0.1, 0.15) is 0 Å². The van der Waals surface area contributed by atoms with Gasteiger partial charge in [0.25, 0.3) is 0 Å². The van der Waals surface area contributed by atoms with Crippen LogP contribution in [0.25, 0.3) is 0 Å². The summed E-state index contributed by atoms with van der Waals surface area (Å²) in [6.07, 6.45) is 7.19. The number of hydrogen-bond acceptors (Lipinski definition) is 2. The number of nitrogens with zero attached hydrogens (tertiary/aromatic N) is 1. The molecule has 1 aromatic carbocycles. The SMILES string of the molecule is O=C(N[C@@H]1[C@@H]2CC3C[C@H]1C[C@](O)(C3)C2)N1CCCc2ccccc21. The van der Waals surface area contributed by atoms with E-state index in [9.17, 15) is 9.90 Å². The molecule has 1 aromatic rings. The fraction of sp³-hybridized carbons (Fsp3) is 0.650. The molecule has 128 valence electrons. The third-order valence-corrected chi connectivity index (χ3v) is 6.89. The van der Waals surface area contributed by atoms with Crippen LogP contribution in [-0.4, -0.2) is 29.3 Å². The van der Waals surface area contributed by atoms with Crippen molar-refractivity contribution in [2.24, 2.45) is 17.8 Å². The van der Waals surface area contributed by atoms with Gasteiger partial charge in [-0.3, -0.25) is 4.90 Å². The van der Waals surface area contributed by atoms with Crippen molar-refractivity contribution in [3.8, 4) is 0 Å². The Kier molecular flexibility index (Phi) is 3.21. The largest absolute Gasteiger partial charge is 0.390 e. The van der Waals surface area contributed by atoms with Crippen LogP contribution < -0.4 is 10.2 Å². The van der Waals surface area contributed by atoms with Gasteiger partial charge in [-0.25, -0.2) is 4.79 Å². The Morgan fingerprint density at radius 3 is 2.67 bits per heavy atom. The van der Waals surface area contributed by atoms with Gasteiger partial charge >= 0.3 is 6.03 Å². The van der Waals surface area contributed by atoms with E-state index < -0.39 is 5.60 Å². The maximum atomic E-state index is 13.0. The second-order valence-corrected chi connectivity index (χ2v) is 8.55. The van der Waals surface area contributed by atoms with Crippen molar-refractivity contribution in [3.63, 3.8) is 0 Å². The molecular formula is C20H26N2O2. The Morgan fingerprint density at radius 2 is 1.92 bits per heavy atom. The molecule has 0 aromatic heterocycles. The van der Waals surface area contributed by atoms with Gasteiger partial charge in [0.15, 0.2) is 0 Å². The van der Waals surface area contributed by atoms with Crippen molar-refractivity contribution < 1.29 is 9.90 Å². The number of hydrogen-bond donors (Lipinski definition) is 2. The molecule has 24 heavy (non-hydrogen) atoms. The lowest BCUT2D eigenvalue weighted by molar-refractivity contribution is -0.136. The molecule has 2 N–H and O–H groups in total. The predicted octanol–water partition coefficient (Wildman–Crippen LogP) is 3.09. The first-order valence-corrected chi connectivity index (χ1v) is 9.50. The van der Waals surface area contributed by atoms with Gasteiger partial charge in [0, 0.05) is 18.3 Å². The molecule has 4 saturated carbocycles. The Labute approximate surface area is 143 Å². The Hall–Kier alpha value is -1.55. The highest BCUT2D eigenvalue weighted by molar-refractivity contribution is 5.93. The molecule has 1 aliphatic heterocycles. The first-order valence-electron chi connectivity index (χ1n) is 9.50. The number of urea groups is 1. The van der Waals surface area contributed by atoms with Crippen LogP contribution >= 0.6 is 0 Å². The molecule has 5 aliphatic rings. The molecule has 5 atom stereocenters. The number of anilines is 1. The van der Waals surface area contributed by atoms with Crippen LogP contribution in [0.2, 0.25) is 0 Å². The summed E-state index contributed by atoms with van der Waals surface area (Å²) in [5.74, 6) is 1.60. The molecule has 0 saturated heterocycles. The summed E-state index contributed by atoms with van der Waals surface area (Å²) in [6, 6.07) is 8.58. The summed E-state index contributed by atoms with van der Waals surface area (Å²) in [4.78, 5) is 14.9. The van der Waals surface area contributed by atoms with Gasteiger partial charge in [0.05, 0.1) is 5.60 Å². The van der Waals surface area contributed by atoms with Gasteiger partial charge in [-0.2, -0.15) is 0 Å². The molecule has 4 bridgehead atoms. The second kappa shape index (κ2) is 5.22. The molecule has 2 amide bonds. The molecule has 6 rings (SSSR count). The summed E-state index contributed by atoms with van der Waals surface area (Å²) < 4.78 is 0. The van der Waals surface area contributed by atoms with E-state index in [1.807, 2.05) is 11.0 Å². The summed E-state index contributed by atoms with van der Waals surface area (Å²) in [6.45, 7) is 0.803. The van der Waals surface area contributed by atoms with E-state index in [1.54, 1.807) is 0 Å². The van der Waals surface area contributed by atoms with E-state index in [1.165, 1.54) is 18.4 Å². The van der Waals surface area contributed by atoms with Gasteiger partial charge < -0.3 is 10.4 Å². The smallest absolute Gasteiger partial charge is 0.322 e. The number of carbonyl (C=O) groups excluding carboxylic acids is 1. The minimum atomic E-state index is -0.435. The van der Waals surface area contributed by atoms with Crippen molar-refractivity contribution in [3.05, 3.63) is 29.8 Å². The fourth-order valence-corrected chi connectivity index (χ4v) is 6.18. The number of aryl methyl sites for hydroxylation is 1. The van der Waals surface area contributed by atoms with Crippen LogP contribution in [-0.2, 0) is 6.42 Å². The third kappa shape index (κ3) is 2.26. The molecule has 0 radical (unpaired) electrons. The average Bonchev–Trinajstić information content (AvgIpc) is 2.56. The van der Waals surface area contributed by atoms with Crippen molar-refractivity contribution in [2.45, 2.75) is 56.6 Å². The van der Waals surface area contributed by atoms with Crippen molar-refractivity contribution in [1.82, 2.24) is 5.32 Å². The maximum absolute atomic E-state index is 13.0. The summed E-state index contributed by atoms with van der Waals surface area (Å²) in [7, 11) is 0. The lowest BCUT2D eigenvalue weighted by Crippen LogP contribution is -2.63. The van der Waals surface area contributed by atoms with Crippen molar-refractivity contribution >= 4 is 11.7 Å². The second-order valence-electron chi connectivity index (χ2n) is 8.55. The van der Waals surface area contributed by atoms with Crippen molar-refractivity contribution in [2.75, 3.05) is 11.4 Å². The molecule has 0 spiro atoms. The van der Waals surface area contributed by atoms with Crippen molar-refractivity contribution in [1.29, 1.82) is 0 Å². The minimum absolute atomic E-state index is 0.0617. The zero-order chi connectivity index (χ0) is 16.3. The van der Waals surface area contributed by atoms with Gasteiger partial charge in [0.2, 0.25) is 0 Å². The zero-order valence-corrected chi connectivity index (χ0v) is 14.1. The molecule has 4 nitrogen and oxygen atoms in total. The molecule has 4 fully saturated rings. The standard InChI is InChI=1S/C20H26N2O2/c23-19(22-7-3-5-14-4-1-2-6-17(14)22)21-18-15-8-13-9-16(18)12-20(24,10-13)11-15/h1-2,4,6,13,15-16,18,24H,3,5,7-12H2,(H,21,23)/t13?,15-,16+,18-,20+. The molecule has 4 heteroatoms. The predicted molar refractivity (Wildman–Crippen MR) is 92.9 cm³/mol. The fourth-order valence-electron chi connectivity index (χ4n) is 6.18. The normalized spacial score (nSPS) is 39.6. The number of carbonyl (C=O) groups is 1. The first-order chi connectivity index (χ1) is 11.6. The maximum Gasteiger partial charge on any atom is 0.322 e. The highest BCUT2D eigenvalue weighted by Gasteiger charge is 2.55. The zero-order valence-electron chi connectivity index (χ0n) is 14.1. The summed E-state index contributed by atoms with van der Waals surface area (Å²) in [5.41, 5.74) is 1.91. The number of nitrogens with one attached hydrogen (secondary N) is 1. The number of fused-ring (bicyclic) bond motifs is 1. The Bertz CT molecular complexity index is 657. The lowest BCUT2D eigenvalue weighted by Gasteiger charge is -2.58. The molecular weight excluding hydrogens is 300 g/mol. The van der Waals surface area contributed by atoms with Crippen LogP contribution in [0.5, 0.6) is 0 Å². The lowest BCUT2D eigenvalue weighted by atomic mass is 9.52. The third-order valence-electron chi connectivity index (χ3n) is 6.89. The van der Waals surface area contributed by atoms with Crippen LogP contribution in [0.4, 0.5) is 10.5 Å². The minimum Gasteiger partial charge on any atom is -0.390 e. The Balaban J connectivity index is 1.35. The van der Waals surface area contributed by atoms with Gasteiger partial charge in [-0.05, 0) is 74.3 Å². The van der Waals surface area contributed by atoms with Crippen LogP contribution in [0.1, 0.15) is 44.1 Å². The first kappa shape index (κ1) is 14.8. The van der Waals surface area contributed by atoms with E-state index in [2.05, 4.69) is 23.5 Å². The number of amides is 2. The summed E-state index contributed by atoms with van der Waals surface area (Å²) >= 11 is 0. The molecule has 4 aliphatic carbocycles. The highest BCUT2D eigenvalue weighted by Crippen LogP contribution is 2.55. The van der Waals surface area contributed by atoms with Crippen LogP contribution in [0.15, 0.2) is 24.3 Å². The number of benzene rings is 1. The van der Waals surface area contributed by atoms with Crippen LogP contribution in [0.3, 0.4) is 0 Å². The average molecular weight is 326 g/mol. The van der Waals surface area contributed by atoms with Crippen LogP contribution in [0, 0.1) is 17.8 Å². The molecule has 1 heterocycles. The quantitative estimate of drug-likeness (QED) is 0.833. The van der Waals surface area contributed by atoms with Gasteiger partial charge in [-0.1, -0.05) is 18.2 Å². The number of para-hydroxylation sites is 1. The summed E-state index contributed by atoms with van der Waals surface area (Å²) in [5, 5.41) is 14.1.